The molecule has 1 aliphatic heterocycles. The van der Waals surface area contributed by atoms with Crippen molar-refractivity contribution < 1.29 is 26.0 Å². The fourth-order valence-electron chi connectivity index (χ4n) is 2.89. The van der Waals surface area contributed by atoms with Gasteiger partial charge in [-0.2, -0.15) is 17.5 Å². The minimum Gasteiger partial charge on any atom is -0.367 e. The molecule has 0 aliphatic carbocycles. The monoisotopic (exact) mass is 422 g/mol. The van der Waals surface area contributed by atoms with Crippen LogP contribution in [0.2, 0.25) is 5.02 Å². The largest absolute Gasteiger partial charge is 0.416 e. The molecule has 0 bridgehead atoms. The number of nitrogens with zero attached hydrogens (tertiary/aromatic N) is 2. The molecule has 3 rings (SSSR count). The van der Waals surface area contributed by atoms with Gasteiger partial charge in [0, 0.05) is 26.2 Å². The van der Waals surface area contributed by atoms with Crippen molar-refractivity contribution in [2.75, 3.05) is 31.1 Å². The Bertz CT molecular complexity index is 942. The maximum atomic E-state index is 13.9. The van der Waals surface area contributed by atoms with Crippen LogP contribution in [0.5, 0.6) is 0 Å². The fourth-order valence-corrected chi connectivity index (χ4v) is 4.82. The van der Waals surface area contributed by atoms with Gasteiger partial charge in [-0.1, -0.05) is 23.7 Å². The Labute approximate surface area is 159 Å². The molecule has 0 amide bonds. The van der Waals surface area contributed by atoms with Gasteiger partial charge in [0.25, 0.3) is 0 Å². The molecule has 1 saturated heterocycles. The van der Waals surface area contributed by atoms with Crippen LogP contribution >= 0.6 is 11.6 Å². The first kappa shape index (κ1) is 19.9. The zero-order valence-corrected chi connectivity index (χ0v) is 15.5. The van der Waals surface area contributed by atoms with E-state index in [1.54, 1.807) is 23.1 Å². The summed E-state index contributed by atoms with van der Waals surface area (Å²) in [7, 11) is -4.21. The van der Waals surface area contributed by atoms with Gasteiger partial charge in [-0.3, -0.25) is 0 Å². The van der Waals surface area contributed by atoms with Crippen LogP contribution in [0.3, 0.4) is 0 Å². The maximum absolute atomic E-state index is 13.9. The van der Waals surface area contributed by atoms with E-state index in [4.69, 9.17) is 11.6 Å². The molecule has 1 heterocycles. The molecular weight excluding hydrogens is 408 g/mol. The quantitative estimate of drug-likeness (QED) is 0.702. The number of rotatable bonds is 3. The molecule has 0 atom stereocenters. The van der Waals surface area contributed by atoms with E-state index in [9.17, 15) is 26.0 Å². The van der Waals surface area contributed by atoms with Crippen molar-refractivity contribution in [1.82, 2.24) is 4.31 Å². The van der Waals surface area contributed by atoms with Crippen LogP contribution in [-0.4, -0.2) is 38.9 Å². The number of alkyl halides is 3. The highest BCUT2D eigenvalue weighted by Crippen LogP contribution is 2.34. The zero-order valence-electron chi connectivity index (χ0n) is 13.9. The number of hydrogen-bond donors (Lipinski definition) is 0. The van der Waals surface area contributed by atoms with Gasteiger partial charge in [0.15, 0.2) is 0 Å². The number of anilines is 1. The van der Waals surface area contributed by atoms with Crippen LogP contribution in [0, 0.1) is 5.82 Å². The summed E-state index contributed by atoms with van der Waals surface area (Å²) >= 11 is 5.86. The summed E-state index contributed by atoms with van der Waals surface area (Å²) in [5, 5.41) is -0.278. The molecule has 0 radical (unpaired) electrons. The molecule has 146 valence electrons. The normalized spacial score (nSPS) is 16.6. The van der Waals surface area contributed by atoms with Crippen LogP contribution in [0.25, 0.3) is 0 Å². The zero-order chi connectivity index (χ0) is 19.8. The Morgan fingerprint density at radius 1 is 0.963 bits per heavy atom. The fraction of sp³-hybridized carbons (Fsp3) is 0.294. The van der Waals surface area contributed by atoms with E-state index in [-0.39, 0.29) is 31.2 Å². The molecule has 1 fully saturated rings. The number of para-hydroxylation sites is 1. The van der Waals surface area contributed by atoms with Crippen molar-refractivity contribution in [2.24, 2.45) is 0 Å². The van der Waals surface area contributed by atoms with Crippen molar-refractivity contribution in [3.63, 3.8) is 0 Å². The van der Waals surface area contributed by atoms with Gasteiger partial charge in [-0.25, -0.2) is 12.8 Å². The molecule has 27 heavy (non-hydrogen) atoms. The first-order valence-corrected chi connectivity index (χ1v) is 9.79. The molecule has 10 heteroatoms. The second-order valence-corrected chi connectivity index (χ2v) is 8.30. The lowest BCUT2D eigenvalue weighted by molar-refractivity contribution is -0.137. The molecule has 2 aromatic carbocycles. The third-order valence-corrected chi connectivity index (χ3v) is 6.69. The summed E-state index contributed by atoms with van der Waals surface area (Å²) in [6.45, 7) is 0.417. The topological polar surface area (TPSA) is 40.6 Å². The van der Waals surface area contributed by atoms with Crippen molar-refractivity contribution in [2.45, 2.75) is 11.1 Å². The number of halogens is 5. The summed E-state index contributed by atoms with van der Waals surface area (Å²) in [5.74, 6) is -0.422. The van der Waals surface area contributed by atoms with E-state index in [0.29, 0.717) is 11.8 Å². The lowest BCUT2D eigenvalue weighted by atomic mass is 10.2. The Hall–Kier alpha value is -1.84. The molecule has 0 saturated carbocycles. The summed E-state index contributed by atoms with van der Waals surface area (Å²) in [6, 6.07) is 8.31. The predicted molar refractivity (Wildman–Crippen MR) is 93.8 cm³/mol. The molecule has 2 aromatic rings. The van der Waals surface area contributed by atoms with Crippen molar-refractivity contribution in [3.8, 4) is 0 Å². The number of hydrogen-bond acceptors (Lipinski definition) is 3. The predicted octanol–water partition coefficient (Wildman–Crippen LogP) is 4.01. The minimum absolute atomic E-state index is 0.00322. The Balaban J connectivity index is 1.83. The number of piperazine rings is 1. The second-order valence-electron chi connectivity index (χ2n) is 5.99. The SMILES string of the molecule is O=S(=O)(c1cc(C(F)(F)F)ccc1Cl)N1CCN(c2ccccc2F)CC1. The first-order chi connectivity index (χ1) is 12.6. The van der Waals surface area contributed by atoms with Gasteiger partial charge in [0.2, 0.25) is 10.0 Å². The van der Waals surface area contributed by atoms with Crippen molar-refractivity contribution in [1.29, 1.82) is 0 Å². The third-order valence-electron chi connectivity index (χ3n) is 4.31. The Morgan fingerprint density at radius 2 is 1.59 bits per heavy atom. The summed E-state index contributed by atoms with van der Waals surface area (Å²) in [6.07, 6.45) is -4.68. The average Bonchev–Trinajstić information content (AvgIpc) is 2.61. The average molecular weight is 423 g/mol. The summed E-state index contributed by atoms with van der Waals surface area (Å²) in [4.78, 5) is 1.10. The van der Waals surface area contributed by atoms with Gasteiger partial charge in [0.1, 0.15) is 10.7 Å². The van der Waals surface area contributed by atoms with Gasteiger partial charge in [0.05, 0.1) is 16.3 Å². The van der Waals surface area contributed by atoms with Crippen LogP contribution in [0.15, 0.2) is 47.4 Å². The van der Waals surface area contributed by atoms with Crippen LogP contribution in [0.1, 0.15) is 5.56 Å². The molecule has 1 aliphatic rings. The van der Waals surface area contributed by atoms with Gasteiger partial charge < -0.3 is 4.90 Å². The van der Waals surface area contributed by atoms with Gasteiger partial charge >= 0.3 is 6.18 Å². The van der Waals surface area contributed by atoms with Crippen molar-refractivity contribution >= 4 is 27.3 Å². The second kappa shape index (κ2) is 7.29. The number of sulfonamides is 1. The van der Waals surface area contributed by atoms with E-state index in [1.807, 2.05) is 0 Å². The smallest absolute Gasteiger partial charge is 0.367 e. The van der Waals surface area contributed by atoms with E-state index >= 15 is 0 Å². The van der Waals surface area contributed by atoms with Crippen molar-refractivity contribution in [3.05, 3.63) is 58.9 Å². The molecule has 4 nitrogen and oxygen atoms in total. The highest BCUT2D eigenvalue weighted by molar-refractivity contribution is 7.89. The molecule has 0 aromatic heterocycles. The van der Waals surface area contributed by atoms with Gasteiger partial charge in [-0.15, -0.1) is 0 Å². The van der Waals surface area contributed by atoms with Gasteiger partial charge in [-0.05, 0) is 30.3 Å². The lowest BCUT2D eigenvalue weighted by Gasteiger charge is -2.35. The summed E-state index contributed by atoms with van der Waals surface area (Å²) < 4.78 is 79.2. The highest BCUT2D eigenvalue weighted by Gasteiger charge is 2.35. The van der Waals surface area contributed by atoms with Crippen LogP contribution < -0.4 is 4.90 Å². The van der Waals surface area contributed by atoms with E-state index in [0.717, 1.165) is 16.4 Å². The third kappa shape index (κ3) is 4.04. The molecular formula is C17H15ClF4N2O2S. The standard InChI is InChI=1S/C17H15ClF4N2O2S/c18-13-6-5-12(17(20,21)22)11-16(13)27(25,26)24-9-7-23(8-10-24)15-4-2-1-3-14(15)19/h1-6,11H,7-10H2. The van der Waals surface area contributed by atoms with E-state index in [2.05, 4.69) is 0 Å². The molecule has 0 unspecified atom stereocenters. The minimum atomic E-state index is -4.68. The van der Waals surface area contributed by atoms with E-state index in [1.165, 1.54) is 6.07 Å². The lowest BCUT2D eigenvalue weighted by Crippen LogP contribution is -2.49. The van der Waals surface area contributed by atoms with E-state index < -0.39 is 32.5 Å². The summed E-state index contributed by atoms with van der Waals surface area (Å²) in [5.41, 5.74) is -0.734. The first-order valence-electron chi connectivity index (χ1n) is 7.97. The Morgan fingerprint density at radius 3 is 2.19 bits per heavy atom. The maximum Gasteiger partial charge on any atom is 0.416 e. The van der Waals surface area contributed by atoms with Crippen LogP contribution in [-0.2, 0) is 16.2 Å². The highest BCUT2D eigenvalue weighted by atomic mass is 35.5. The Kier molecular flexibility index (Phi) is 5.38. The van der Waals surface area contributed by atoms with Crippen LogP contribution in [0.4, 0.5) is 23.2 Å². The number of benzene rings is 2. The molecule has 0 N–H and O–H groups in total. The molecule has 0 spiro atoms.